The van der Waals surface area contributed by atoms with E-state index >= 15 is 0 Å². The summed E-state index contributed by atoms with van der Waals surface area (Å²) in [6.45, 7) is 1.82. The number of benzene rings is 1. The van der Waals surface area contributed by atoms with Crippen molar-refractivity contribution in [1.29, 1.82) is 0 Å². The SMILES string of the molecule is CCC(SCc1ccc(F)cc1Cl)C(=O)O. The fourth-order valence-electron chi connectivity index (χ4n) is 1.19. The Hall–Kier alpha value is -0.740. The molecule has 2 nitrogen and oxygen atoms in total. The van der Waals surface area contributed by atoms with Crippen molar-refractivity contribution in [2.75, 3.05) is 0 Å². The Labute approximate surface area is 103 Å². The van der Waals surface area contributed by atoms with E-state index in [2.05, 4.69) is 0 Å². The molecule has 1 N–H and O–H groups in total. The minimum Gasteiger partial charge on any atom is -0.480 e. The van der Waals surface area contributed by atoms with E-state index in [0.717, 1.165) is 5.56 Å². The molecule has 1 aromatic carbocycles. The van der Waals surface area contributed by atoms with Gasteiger partial charge in [-0.2, -0.15) is 0 Å². The van der Waals surface area contributed by atoms with Crippen molar-refractivity contribution in [3.63, 3.8) is 0 Å². The number of carboxylic acids is 1. The van der Waals surface area contributed by atoms with Gasteiger partial charge in [-0.25, -0.2) is 4.39 Å². The monoisotopic (exact) mass is 262 g/mol. The summed E-state index contributed by atoms with van der Waals surface area (Å²) >= 11 is 7.13. The van der Waals surface area contributed by atoms with Crippen LogP contribution >= 0.6 is 23.4 Å². The molecular weight excluding hydrogens is 251 g/mol. The lowest BCUT2D eigenvalue weighted by molar-refractivity contribution is -0.136. The van der Waals surface area contributed by atoms with E-state index in [0.29, 0.717) is 17.2 Å². The van der Waals surface area contributed by atoms with Crippen LogP contribution in [0.15, 0.2) is 18.2 Å². The summed E-state index contributed by atoms with van der Waals surface area (Å²) in [5.74, 6) is -0.737. The number of thioether (sulfide) groups is 1. The van der Waals surface area contributed by atoms with Gasteiger partial charge in [-0.15, -0.1) is 11.8 Å². The molecule has 0 aliphatic heterocycles. The second kappa shape index (κ2) is 6.11. The molecule has 0 aliphatic rings. The van der Waals surface area contributed by atoms with E-state index in [9.17, 15) is 9.18 Å². The maximum absolute atomic E-state index is 12.8. The van der Waals surface area contributed by atoms with Crippen LogP contribution in [0.25, 0.3) is 0 Å². The normalized spacial score (nSPS) is 12.4. The highest BCUT2D eigenvalue weighted by molar-refractivity contribution is 7.99. The summed E-state index contributed by atoms with van der Waals surface area (Å²) in [5.41, 5.74) is 0.757. The van der Waals surface area contributed by atoms with Crippen molar-refractivity contribution in [2.45, 2.75) is 24.3 Å². The van der Waals surface area contributed by atoms with E-state index in [1.807, 2.05) is 6.92 Å². The van der Waals surface area contributed by atoms with Gasteiger partial charge >= 0.3 is 5.97 Å². The zero-order valence-corrected chi connectivity index (χ0v) is 10.3. The van der Waals surface area contributed by atoms with Crippen LogP contribution < -0.4 is 0 Å². The first kappa shape index (κ1) is 13.3. The third kappa shape index (κ3) is 3.68. The number of carboxylic acid groups (broad SMARTS) is 1. The predicted octanol–water partition coefficient (Wildman–Crippen LogP) is 3.58. The number of hydrogen-bond acceptors (Lipinski definition) is 2. The van der Waals surface area contributed by atoms with Gasteiger partial charge in [0.05, 0.1) is 0 Å². The van der Waals surface area contributed by atoms with Gasteiger partial charge in [-0.3, -0.25) is 4.79 Å². The Bertz CT molecular complexity index is 384. The molecule has 1 unspecified atom stereocenters. The summed E-state index contributed by atoms with van der Waals surface area (Å²) < 4.78 is 12.8. The van der Waals surface area contributed by atoms with Gasteiger partial charge in [-0.05, 0) is 24.1 Å². The summed E-state index contributed by atoms with van der Waals surface area (Å²) in [6, 6.07) is 4.14. The molecule has 0 bridgehead atoms. The van der Waals surface area contributed by atoms with Gasteiger partial charge in [0.2, 0.25) is 0 Å². The maximum Gasteiger partial charge on any atom is 0.316 e. The summed E-state index contributed by atoms with van der Waals surface area (Å²) in [7, 11) is 0. The van der Waals surface area contributed by atoms with Gasteiger partial charge in [-0.1, -0.05) is 24.6 Å². The first-order valence-electron chi connectivity index (χ1n) is 4.83. The molecule has 0 saturated heterocycles. The highest BCUT2D eigenvalue weighted by Crippen LogP contribution is 2.25. The van der Waals surface area contributed by atoms with Gasteiger partial charge in [0, 0.05) is 10.8 Å². The molecule has 5 heteroatoms. The molecule has 1 atom stereocenters. The van der Waals surface area contributed by atoms with Gasteiger partial charge in [0.15, 0.2) is 0 Å². The molecular formula is C11H12ClFO2S. The lowest BCUT2D eigenvalue weighted by atomic mass is 10.2. The smallest absolute Gasteiger partial charge is 0.316 e. The van der Waals surface area contributed by atoms with Crippen molar-refractivity contribution in [1.82, 2.24) is 0 Å². The molecule has 0 radical (unpaired) electrons. The van der Waals surface area contributed by atoms with Crippen LogP contribution in [0.2, 0.25) is 5.02 Å². The van der Waals surface area contributed by atoms with E-state index in [4.69, 9.17) is 16.7 Å². The Balaban J connectivity index is 2.63. The minimum absolute atomic E-state index is 0.341. The highest BCUT2D eigenvalue weighted by Gasteiger charge is 2.15. The van der Waals surface area contributed by atoms with Crippen LogP contribution in [0.3, 0.4) is 0 Å². The average molecular weight is 263 g/mol. The van der Waals surface area contributed by atoms with Crippen LogP contribution in [0.4, 0.5) is 4.39 Å². The molecule has 0 saturated carbocycles. The Morgan fingerprint density at radius 2 is 2.31 bits per heavy atom. The van der Waals surface area contributed by atoms with Crippen molar-refractivity contribution >= 4 is 29.3 Å². The third-order valence-corrected chi connectivity index (χ3v) is 3.87. The van der Waals surface area contributed by atoms with E-state index < -0.39 is 11.2 Å². The summed E-state index contributed by atoms with van der Waals surface area (Å²) in [4.78, 5) is 10.8. The molecule has 0 aliphatic carbocycles. The Morgan fingerprint density at radius 1 is 1.62 bits per heavy atom. The molecule has 0 spiro atoms. The van der Waals surface area contributed by atoms with Gasteiger partial charge in [0.25, 0.3) is 0 Å². The molecule has 0 heterocycles. The van der Waals surface area contributed by atoms with E-state index in [1.165, 1.54) is 23.9 Å². The lowest BCUT2D eigenvalue weighted by Crippen LogP contribution is -2.15. The average Bonchev–Trinajstić information content (AvgIpc) is 2.21. The van der Waals surface area contributed by atoms with Crippen LogP contribution in [0.1, 0.15) is 18.9 Å². The fourth-order valence-corrected chi connectivity index (χ4v) is 2.52. The highest BCUT2D eigenvalue weighted by atomic mass is 35.5. The number of rotatable bonds is 5. The lowest BCUT2D eigenvalue weighted by Gasteiger charge is -2.10. The standard InChI is InChI=1S/C11H12ClFO2S/c1-2-10(11(14)15)16-6-7-3-4-8(13)5-9(7)12/h3-5,10H,2,6H2,1H3,(H,14,15). The van der Waals surface area contributed by atoms with Gasteiger partial charge < -0.3 is 5.11 Å². The second-order valence-electron chi connectivity index (χ2n) is 3.28. The number of aliphatic carboxylic acids is 1. The van der Waals surface area contributed by atoms with Crippen molar-refractivity contribution in [3.8, 4) is 0 Å². The third-order valence-electron chi connectivity index (χ3n) is 2.10. The van der Waals surface area contributed by atoms with Crippen LogP contribution in [-0.4, -0.2) is 16.3 Å². The quantitative estimate of drug-likeness (QED) is 0.881. The molecule has 88 valence electrons. The summed E-state index contributed by atoms with van der Waals surface area (Å²) in [6.07, 6.45) is 0.554. The zero-order chi connectivity index (χ0) is 12.1. The van der Waals surface area contributed by atoms with Crippen molar-refractivity contribution in [3.05, 3.63) is 34.6 Å². The molecule has 0 fully saturated rings. The molecule has 1 aromatic rings. The largest absolute Gasteiger partial charge is 0.480 e. The summed E-state index contributed by atoms with van der Waals surface area (Å²) in [5, 5.41) is 8.75. The van der Waals surface area contributed by atoms with Crippen molar-refractivity contribution < 1.29 is 14.3 Å². The first-order chi connectivity index (χ1) is 7.54. The Morgan fingerprint density at radius 3 is 2.81 bits per heavy atom. The predicted molar refractivity (Wildman–Crippen MR) is 64.4 cm³/mol. The fraction of sp³-hybridized carbons (Fsp3) is 0.364. The Kier molecular flexibility index (Phi) is 5.09. The molecule has 0 amide bonds. The van der Waals surface area contributed by atoms with Gasteiger partial charge in [0.1, 0.15) is 11.1 Å². The van der Waals surface area contributed by atoms with Crippen molar-refractivity contribution in [2.24, 2.45) is 0 Å². The van der Waals surface area contributed by atoms with Crippen LogP contribution in [0.5, 0.6) is 0 Å². The first-order valence-corrected chi connectivity index (χ1v) is 6.25. The van der Waals surface area contributed by atoms with E-state index in [-0.39, 0.29) is 5.82 Å². The van der Waals surface area contributed by atoms with E-state index in [1.54, 1.807) is 6.07 Å². The molecule has 16 heavy (non-hydrogen) atoms. The minimum atomic E-state index is -0.828. The number of hydrogen-bond donors (Lipinski definition) is 1. The molecule has 1 rings (SSSR count). The van der Waals surface area contributed by atoms with Crippen LogP contribution in [0, 0.1) is 5.82 Å². The molecule has 0 aromatic heterocycles. The second-order valence-corrected chi connectivity index (χ2v) is 4.88. The maximum atomic E-state index is 12.8. The zero-order valence-electron chi connectivity index (χ0n) is 8.74. The topological polar surface area (TPSA) is 37.3 Å². The number of halogens is 2. The number of carbonyl (C=O) groups is 1. The van der Waals surface area contributed by atoms with Crippen LogP contribution in [-0.2, 0) is 10.5 Å².